The smallest absolute Gasteiger partial charge is 0.305 e. The monoisotopic (exact) mass is 362 g/mol. The van der Waals surface area contributed by atoms with Crippen molar-refractivity contribution in [3.05, 3.63) is 11.6 Å². The molecule has 4 aliphatic carbocycles. The van der Waals surface area contributed by atoms with Crippen molar-refractivity contribution in [2.75, 3.05) is 0 Å². The van der Waals surface area contributed by atoms with E-state index in [0.717, 1.165) is 38.5 Å². The molecule has 3 saturated carbocycles. The number of carbonyl (C=O) groups excluding carboxylic acids is 2. The summed E-state index contributed by atoms with van der Waals surface area (Å²) in [6.07, 6.45) is 7.27. The molecule has 4 rings (SSSR count). The van der Waals surface area contributed by atoms with Gasteiger partial charge in [0.25, 0.3) is 0 Å². The summed E-state index contributed by atoms with van der Waals surface area (Å²) in [7, 11) is 0. The molecule has 0 heterocycles. The fraction of sp³-hybridized carbons (Fsp3) is 0.818. The van der Waals surface area contributed by atoms with Crippen LogP contribution in [0.2, 0.25) is 0 Å². The summed E-state index contributed by atoms with van der Waals surface area (Å²) >= 11 is 0. The van der Waals surface area contributed by atoms with Gasteiger partial charge in [-0.2, -0.15) is 0 Å². The largest absolute Gasteiger partial charge is 0.462 e. The Bertz CT molecular complexity index is 656. The van der Waals surface area contributed by atoms with Gasteiger partial charge in [0.2, 0.25) is 0 Å². The fourth-order valence-corrected chi connectivity index (χ4v) is 6.97. The molecule has 0 aliphatic heterocycles. The van der Waals surface area contributed by atoms with E-state index in [9.17, 15) is 14.0 Å². The lowest BCUT2D eigenvalue weighted by Gasteiger charge is -2.58. The molecule has 0 spiro atoms. The zero-order valence-corrected chi connectivity index (χ0v) is 16.2. The van der Waals surface area contributed by atoms with E-state index in [2.05, 4.69) is 13.8 Å². The van der Waals surface area contributed by atoms with Gasteiger partial charge in [0.15, 0.2) is 12.0 Å². The molecule has 0 aromatic rings. The molecular weight excluding hydrogens is 331 g/mol. The highest BCUT2D eigenvalue weighted by molar-refractivity contribution is 5.95. The Labute approximate surface area is 155 Å². The lowest BCUT2D eigenvalue weighted by atomic mass is 9.47. The van der Waals surface area contributed by atoms with Gasteiger partial charge in [-0.15, -0.1) is 0 Å². The summed E-state index contributed by atoms with van der Waals surface area (Å²) in [6, 6.07) is 0. The van der Waals surface area contributed by atoms with Gasteiger partial charge in [-0.1, -0.05) is 26.3 Å². The van der Waals surface area contributed by atoms with Gasteiger partial charge in [0, 0.05) is 11.8 Å². The minimum atomic E-state index is -1.34. The van der Waals surface area contributed by atoms with Crippen LogP contribution >= 0.6 is 0 Å². The first-order chi connectivity index (χ1) is 12.3. The van der Waals surface area contributed by atoms with Crippen LogP contribution in [0.15, 0.2) is 11.6 Å². The first-order valence-corrected chi connectivity index (χ1v) is 10.4. The third-order valence-corrected chi connectivity index (χ3v) is 8.44. The van der Waals surface area contributed by atoms with E-state index in [4.69, 9.17) is 4.74 Å². The molecule has 0 bridgehead atoms. The third-order valence-electron chi connectivity index (χ3n) is 8.44. The van der Waals surface area contributed by atoms with Crippen LogP contribution in [0.1, 0.15) is 72.1 Å². The Morgan fingerprint density at radius 3 is 2.73 bits per heavy atom. The van der Waals surface area contributed by atoms with Crippen LogP contribution < -0.4 is 0 Å². The van der Waals surface area contributed by atoms with E-state index in [0.29, 0.717) is 30.6 Å². The van der Waals surface area contributed by atoms with Gasteiger partial charge in [0.1, 0.15) is 6.10 Å². The third kappa shape index (κ3) is 2.51. The van der Waals surface area contributed by atoms with Gasteiger partial charge in [-0.3, -0.25) is 9.59 Å². The van der Waals surface area contributed by atoms with Gasteiger partial charge >= 0.3 is 5.97 Å². The minimum Gasteiger partial charge on any atom is -0.462 e. The average Bonchev–Trinajstić information content (AvgIpc) is 2.93. The number of hydrogen-bond donors (Lipinski definition) is 0. The van der Waals surface area contributed by atoms with E-state index in [1.165, 1.54) is 5.57 Å². The molecule has 0 amide bonds. The molecule has 4 aliphatic rings. The van der Waals surface area contributed by atoms with Crippen molar-refractivity contribution < 1.29 is 18.7 Å². The zero-order chi connectivity index (χ0) is 18.7. The number of esters is 1. The molecule has 144 valence electrons. The number of carbonyl (C=O) groups is 2. The Balaban J connectivity index is 1.60. The Morgan fingerprint density at radius 1 is 1.23 bits per heavy atom. The fourth-order valence-electron chi connectivity index (χ4n) is 6.97. The van der Waals surface area contributed by atoms with E-state index >= 15 is 0 Å². The van der Waals surface area contributed by atoms with Crippen molar-refractivity contribution in [1.82, 2.24) is 0 Å². The summed E-state index contributed by atoms with van der Waals surface area (Å²) in [6.45, 7) is 6.35. The number of alkyl halides is 1. The Morgan fingerprint density at radius 2 is 2.00 bits per heavy atom. The first kappa shape index (κ1) is 18.2. The maximum Gasteiger partial charge on any atom is 0.305 e. The van der Waals surface area contributed by atoms with E-state index < -0.39 is 6.17 Å². The zero-order valence-electron chi connectivity index (χ0n) is 16.2. The Kier molecular flexibility index (Phi) is 4.32. The van der Waals surface area contributed by atoms with Crippen molar-refractivity contribution in [1.29, 1.82) is 0 Å². The van der Waals surface area contributed by atoms with E-state index in [1.807, 2.05) is 6.92 Å². The van der Waals surface area contributed by atoms with Crippen LogP contribution in [0.25, 0.3) is 0 Å². The number of allylic oxidation sites excluding steroid dienone is 1. The highest BCUT2D eigenvalue weighted by atomic mass is 19.1. The minimum absolute atomic E-state index is 0.0347. The van der Waals surface area contributed by atoms with Crippen LogP contribution in [0.3, 0.4) is 0 Å². The molecule has 0 saturated heterocycles. The molecule has 0 radical (unpaired) electrons. The maximum absolute atomic E-state index is 14.3. The predicted molar refractivity (Wildman–Crippen MR) is 97.2 cm³/mol. The molecule has 0 aromatic heterocycles. The van der Waals surface area contributed by atoms with Crippen molar-refractivity contribution in [2.45, 2.75) is 84.4 Å². The molecule has 3 nitrogen and oxygen atoms in total. The van der Waals surface area contributed by atoms with Gasteiger partial charge in [-0.25, -0.2) is 4.39 Å². The van der Waals surface area contributed by atoms with Crippen molar-refractivity contribution in [2.24, 2.45) is 28.6 Å². The lowest BCUT2D eigenvalue weighted by molar-refractivity contribution is -0.159. The van der Waals surface area contributed by atoms with Crippen LogP contribution in [0.5, 0.6) is 0 Å². The van der Waals surface area contributed by atoms with Crippen LogP contribution in [0.4, 0.5) is 4.39 Å². The molecule has 3 fully saturated rings. The standard InChI is InChI=1S/C22H31FO3/c1-4-20(25)26-19-8-7-15-14-6-5-13-11-18(24)17(23)12-22(13,3)16(14)9-10-21(15,19)2/h11,14-17,19H,4-10,12H2,1-3H3/t14-,15-,16-,17+,19-,21-,22-/m0/s1. The number of hydrogen-bond acceptors (Lipinski definition) is 3. The highest BCUT2D eigenvalue weighted by Gasteiger charge is 2.60. The second-order valence-corrected chi connectivity index (χ2v) is 9.53. The molecule has 26 heavy (non-hydrogen) atoms. The van der Waals surface area contributed by atoms with Gasteiger partial charge in [-0.05, 0) is 74.2 Å². The maximum atomic E-state index is 14.3. The SMILES string of the molecule is CCC(=O)O[C@H]1CC[C@H]2[C@@H]3CCC4=CC(=O)[C@H](F)C[C@]4(C)[C@H]3CC[C@]12C. The number of rotatable bonds is 2. The normalized spacial score (nSPS) is 47.5. The number of fused-ring (bicyclic) bond motifs is 5. The predicted octanol–water partition coefficient (Wildman–Crippen LogP) is 4.79. The molecule has 4 heteroatoms. The van der Waals surface area contributed by atoms with Crippen LogP contribution in [-0.2, 0) is 14.3 Å². The Hall–Kier alpha value is -1.19. The summed E-state index contributed by atoms with van der Waals surface area (Å²) < 4.78 is 20.1. The summed E-state index contributed by atoms with van der Waals surface area (Å²) in [5.41, 5.74) is 1.08. The van der Waals surface area contributed by atoms with Gasteiger partial charge in [0.05, 0.1) is 0 Å². The van der Waals surface area contributed by atoms with Crippen LogP contribution in [0, 0.1) is 28.6 Å². The second kappa shape index (κ2) is 6.17. The molecule has 7 atom stereocenters. The quantitative estimate of drug-likeness (QED) is 0.664. The summed E-state index contributed by atoms with van der Waals surface area (Å²) in [5, 5.41) is 0. The van der Waals surface area contributed by atoms with Crippen molar-refractivity contribution in [3.8, 4) is 0 Å². The molecular formula is C22H31FO3. The summed E-state index contributed by atoms with van der Waals surface area (Å²) in [4.78, 5) is 23.7. The molecule has 0 N–H and O–H groups in total. The van der Waals surface area contributed by atoms with Crippen molar-refractivity contribution >= 4 is 11.8 Å². The first-order valence-electron chi connectivity index (χ1n) is 10.4. The van der Waals surface area contributed by atoms with Crippen molar-refractivity contribution in [3.63, 3.8) is 0 Å². The molecule has 0 unspecified atom stereocenters. The van der Waals surface area contributed by atoms with E-state index in [-0.39, 0.29) is 28.7 Å². The number of ketones is 1. The second-order valence-electron chi connectivity index (χ2n) is 9.53. The van der Waals surface area contributed by atoms with Crippen LogP contribution in [-0.4, -0.2) is 24.0 Å². The summed E-state index contributed by atoms with van der Waals surface area (Å²) in [5.74, 6) is 1.13. The topological polar surface area (TPSA) is 43.4 Å². The average molecular weight is 362 g/mol. The highest BCUT2D eigenvalue weighted by Crippen LogP contribution is 2.65. The number of halogens is 1. The lowest BCUT2D eigenvalue weighted by Crippen LogP contribution is -2.52. The number of ether oxygens (including phenoxy) is 1. The van der Waals surface area contributed by atoms with E-state index in [1.54, 1.807) is 6.08 Å². The van der Waals surface area contributed by atoms with Gasteiger partial charge < -0.3 is 4.74 Å². The molecule has 0 aromatic carbocycles.